The second-order valence-corrected chi connectivity index (χ2v) is 8.99. The normalized spacial score (nSPS) is 11.1. The third-order valence-electron chi connectivity index (χ3n) is 3.95. The number of ether oxygens (including phenoxy) is 1. The largest absolute Gasteiger partial charge is 0.493 e. The summed E-state index contributed by atoms with van der Waals surface area (Å²) in [5, 5.41) is 4.06. The summed E-state index contributed by atoms with van der Waals surface area (Å²) < 4.78 is 5.94. The van der Waals surface area contributed by atoms with E-state index < -0.39 is 5.91 Å². The topological polar surface area (TPSA) is 78.1 Å². The first kappa shape index (κ1) is 19.5. The molecule has 142 valence electrons. The molecule has 0 bridgehead atoms. The van der Waals surface area contributed by atoms with Crippen LogP contribution >= 0.6 is 22.7 Å². The van der Waals surface area contributed by atoms with Crippen molar-refractivity contribution in [1.82, 2.24) is 9.97 Å². The van der Waals surface area contributed by atoms with Gasteiger partial charge in [-0.25, -0.2) is 9.97 Å². The number of hydrogen-bond acceptors (Lipinski definition) is 6. The van der Waals surface area contributed by atoms with Crippen LogP contribution in [0.4, 0.5) is 0 Å². The van der Waals surface area contributed by atoms with Gasteiger partial charge in [0.1, 0.15) is 5.75 Å². The molecule has 2 heterocycles. The average molecular weight is 402 g/mol. The highest BCUT2D eigenvalue weighted by atomic mass is 32.1. The maximum Gasteiger partial charge on any atom is 0.248 e. The molecule has 27 heavy (non-hydrogen) atoms. The van der Waals surface area contributed by atoms with Crippen LogP contribution in [0.2, 0.25) is 0 Å². The summed E-state index contributed by atoms with van der Waals surface area (Å²) in [6.07, 6.45) is 0.593. The van der Waals surface area contributed by atoms with Gasteiger partial charge in [-0.3, -0.25) is 4.79 Å². The Morgan fingerprint density at radius 2 is 2.04 bits per heavy atom. The molecule has 0 fully saturated rings. The Labute approximate surface area is 167 Å². The third kappa shape index (κ3) is 4.73. The van der Waals surface area contributed by atoms with E-state index in [0.717, 1.165) is 37.6 Å². The maximum atomic E-state index is 11.6. The van der Waals surface area contributed by atoms with Crippen LogP contribution < -0.4 is 10.5 Å². The van der Waals surface area contributed by atoms with Crippen LogP contribution in [0.15, 0.2) is 23.6 Å². The average Bonchev–Trinajstić information content (AvgIpc) is 3.19. The molecule has 5 nitrogen and oxygen atoms in total. The van der Waals surface area contributed by atoms with Crippen LogP contribution in [0.5, 0.6) is 5.75 Å². The Balaban J connectivity index is 1.88. The molecule has 1 amide bonds. The second kappa shape index (κ2) is 8.19. The lowest BCUT2D eigenvalue weighted by molar-refractivity contribution is 0.1000. The number of nitrogens with zero attached hydrogens (tertiary/aromatic N) is 2. The number of thiazole rings is 2. The van der Waals surface area contributed by atoms with E-state index in [1.54, 1.807) is 34.8 Å². The molecule has 0 radical (unpaired) electrons. The minimum absolute atomic E-state index is 0.415. The number of carbonyl (C=O) groups is 1. The van der Waals surface area contributed by atoms with Crippen LogP contribution in [0.25, 0.3) is 10.6 Å². The SMILES string of the molecule is Cc1nc(C)c(-c2csc(Cc3cc(C(N)=O)ccc3OCC(C)C)n2)s1. The Hall–Kier alpha value is -2.25. The number of rotatable bonds is 7. The number of amides is 1. The zero-order valence-corrected chi connectivity index (χ0v) is 17.5. The minimum atomic E-state index is -0.442. The van der Waals surface area contributed by atoms with E-state index in [1.165, 1.54) is 0 Å². The van der Waals surface area contributed by atoms with Crippen molar-refractivity contribution in [3.8, 4) is 16.3 Å². The van der Waals surface area contributed by atoms with Crippen molar-refractivity contribution < 1.29 is 9.53 Å². The first-order valence-corrected chi connectivity index (χ1v) is 10.5. The van der Waals surface area contributed by atoms with Crippen molar-refractivity contribution in [2.24, 2.45) is 11.7 Å². The van der Waals surface area contributed by atoms with Crippen LogP contribution in [0.1, 0.15) is 45.5 Å². The second-order valence-electron chi connectivity index (χ2n) is 6.84. The lowest BCUT2D eigenvalue weighted by Crippen LogP contribution is -2.12. The lowest BCUT2D eigenvalue weighted by atomic mass is 10.1. The highest BCUT2D eigenvalue weighted by Crippen LogP contribution is 2.32. The molecule has 7 heteroatoms. The summed E-state index contributed by atoms with van der Waals surface area (Å²) in [5.41, 5.74) is 8.81. The smallest absolute Gasteiger partial charge is 0.248 e. The molecule has 0 spiro atoms. The van der Waals surface area contributed by atoms with Gasteiger partial charge in [-0.2, -0.15) is 0 Å². The fourth-order valence-electron chi connectivity index (χ4n) is 2.70. The van der Waals surface area contributed by atoms with Gasteiger partial charge in [-0.05, 0) is 38.0 Å². The van der Waals surface area contributed by atoms with Gasteiger partial charge in [-0.15, -0.1) is 22.7 Å². The zero-order valence-electron chi connectivity index (χ0n) is 15.9. The summed E-state index contributed by atoms with van der Waals surface area (Å²) in [7, 11) is 0. The summed E-state index contributed by atoms with van der Waals surface area (Å²) in [5.74, 6) is 0.746. The molecule has 0 saturated heterocycles. The first-order valence-electron chi connectivity index (χ1n) is 8.77. The van der Waals surface area contributed by atoms with E-state index >= 15 is 0 Å². The molecular weight excluding hydrogens is 378 g/mol. The number of nitrogens with two attached hydrogens (primary N) is 1. The molecule has 0 atom stereocenters. The van der Waals surface area contributed by atoms with Crippen molar-refractivity contribution in [3.63, 3.8) is 0 Å². The molecular formula is C20H23N3O2S2. The molecule has 0 aliphatic heterocycles. The van der Waals surface area contributed by atoms with Gasteiger partial charge in [0, 0.05) is 22.9 Å². The quantitative estimate of drug-likeness (QED) is 0.627. The van der Waals surface area contributed by atoms with Crippen LogP contribution in [0.3, 0.4) is 0 Å². The van der Waals surface area contributed by atoms with Crippen LogP contribution in [-0.2, 0) is 6.42 Å². The molecule has 0 saturated carbocycles. The van der Waals surface area contributed by atoms with Crippen molar-refractivity contribution in [2.75, 3.05) is 6.61 Å². The van der Waals surface area contributed by atoms with Crippen LogP contribution in [0, 0.1) is 19.8 Å². The monoisotopic (exact) mass is 401 g/mol. The summed E-state index contributed by atoms with van der Waals surface area (Å²) in [6, 6.07) is 5.34. The van der Waals surface area contributed by atoms with Gasteiger partial charge in [0.25, 0.3) is 0 Å². The van der Waals surface area contributed by atoms with Crippen LogP contribution in [-0.4, -0.2) is 22.5 Å². The minimum Gasteiger partial charge on any atom is -0.493 e. The Morgan fingerprint density at radius 3 is 2.67 bits per heavy atom. The number of hydrogen-bond donors (Lipinski definition) is 1. The predicted octanol–water partition coefficient (Wildman–Crippen LogP) is 4.61. The van der Waals surface area contributed by atoms with Gasteiger partial charge >= 0.3 is 0 Å². The van der Waals surface area contributed by atoms with Crippen molar-refractivity contribution in [1.29, 1.82) is 0 Å². The molecule has 0 aliphatic carbocycles. The summed E-state index contributed by atoms with van der Waals surface area (Å²) in [4.78, 5) is 21.9. The molecule has 3 rings (SSSR count). The standard InChI is InChI=1S/C20H23N3O2S2/c1-11(2)9-25-17-6-5-14(20(21)24)7-15(17)8-18-23-16(10-26-18)19-12(3)22-13(4)27-19/h5-7,10-11H,8-9H2,1-4H3,(H2,21,24). The predicted molar refractivity (Wildman–Crippen MR) is 111 cm³/mol. The van der Waals surface area contributed by atoms with Gasteiger partial charge in [-0.1, -0.05) is 13.8 Å². The molecule has 2 N–H and O–H groups in total. The first-order chi connectivity index (χ1) is 12.8. The number of carbonyl (C=O) groups excluding carboxylic acids is 1. The molecule has 3 aromatic rings. The summed E-state index contributed by atoms with van der Waals surface area (Å²) in [6.45, 7) is 8.83. The fourth-order valence-corrected chi connectivity index (χ4v) is 4.46. The fraction of sp³-hybridized carbons (Fsp3) is 0.350. The molecule has 0 unspecified atom stereocenters. The van der Waals surface area contributed by atoms with Gasteiger partial charge in [0.15, 0.2) is 0 Å². The number of primary amides is 1. The van der Waals surface area contributed by atoms with Gasteiger partial charge < -0.3 is 10.5 Å². The Kier molecular flexibility index (Phi) is 5.92. The summed E-state index contributed by atoms with van der Waals surface area (Å²) >= 11 is 3.26. The van der Waals surface area contributed by atoms with Crippen molar-refractivity contribution in [3.05, 3.63) is 50.4 Å². The lowest BCUT2D eigenvalue weighted by Gasteiger charge is -2.13. The van der Waals surface area contributed by atoms with Crippen molar-refractivity contribution >= 4 is 28.6 Å². The van der Waals surface area contributed by atoms with Gasteiger partial charge in [0.05, 0.1) is 32.9 Å². The number of aryl methyl sites for hydroxylation is 2. The van der Waals surface area contributed by atoms with E-state index in [0.29, 0.717) is 24.5 Å². The van der Waals surface area contributed by atoms with Gasteiger partial charge in [0.2, 0.25) is 5.91 Å². The van der Waals surface area contributed by atoms with E-state index in [4.69, 9.17) is 15.5 Å². The highest BCUT2D eigenvalue weighted by molar-refractivity contribution is 7.15. The Morgan fingerprint density at radius 1 is 1.26 bits per heavy atom. The maximum absolute atomic E-state index is 11.6. The van der Waals surface area contributed by atoms with E-state index in [2.05, 4.69) is 24.2 Å². The highest BCUT2D eigenvalue weighted by Gasteiger charge is 2.15. The zero-order chi connectivity index (χ0) is 19.6. The number of aromatic nitrogens is 2. The molecule has 1 aromatic carbocycles. The molecule has 2 aromatic heterocycles. The third-order valence-corrected chi connectivity index (χ3v) is 5.89. The van der Waals surface area contributed by atoms with E-state index in [-0.39, 0.29) is 0 Å². The number of benzene rings is 1. The van der Waals surface area contributed by atoms with Crippen molar-refractivity contribution in [2.45, 2.75) is 34.1 Å². The van der Waals surface area contributed by atoms with E-state index in [9.17, 15) is 4.79 Å². The van der Waals surface area contributed by atoms with E-state index in [1.807, 2.05) is 19.9 Å². The Bertz CT molecular complexity index is 960. The molecule has 0 aliphatic rings.